The van der Waals surface area contributed by atoms with Gasteiger partial charge in [0.2, 0.25) is 0 Å². The summed E-state index contributed by atoms with van der Waals surface area (Å²) in [5, 5.41) is 11.5. The fourth-order valence-corrected chi connectivity index (χ4v) is 1.74. The van der Waals surface area contributed by atoms with Crippen molar-refractivity contribution in [1.82, 2.24) is 9.97 Å². The maximum Gasteiger partial charge on any atom is 0.323 e. The number of aromatic amines is 2. The molecule has 0 fully saturated rings. The predicted octanol–water partition coefficient (Wildman–Crippen LogP) is 0.880. The van der Waals surface area contributed by atoms with Crippen LogP contribution in [0.4, 0.5) is 5.69 Å². The van der Waals surface area contributed by atoms with Gasteiger partial charge in [0, 0.05) is 18.5 Å². The Hall–Kier alpha value is -2.34. The molecular formula is C13H15N3O3. The van der Waals surface area contributed by atoms with Gasteiger partial charge < -0.3 is 20.4 Å². The molecule has 2 rings (SSSR count). The molecule has 0 unspecified atom stereocenters. The number of carbonyl (C=O) groups excluding carboxylic acids is 1. The van der Waals surface area contributed by atoms with Crippen LogP contribution in [0.2, 0.25) is 0 Å². The monoisotopic (exact) mass is 261 g/mol. The topological polar surface area (TPSA) is 98.0 Å². The maximum absolute atomic E-state index is 11.8. The number of benzene rings is 1. The van der Waals surface area contributed by atoms with Crippen LogP contribution in [-0.4, -0.2) is 27.6 Å². The number of aliphatic hydroxyl groups excluding tert-OH is 1. The van der Waals surface area contributed by atoms with Gasteiger partial charge in [0.1, 0.15) is 5.69 Å². The summed E-state index contributed by atoms with van der Waals surface area (Å²) >= 11 is 0. The maximum atomic E-state index is 11.8. The molecule has 100 valence electrons. The van der Waals surface area contributed by atoms with Gasteiger partial charge in [-0.15, -0.1) is 0 Å². The quantitative estimate of drug-likeness (QED) is 0.643. The molecule has 0 aliphatic heterocycles. The second-order valence-corrected chi connectivity index (χ2v) is 4.14. The van der Waals surface area contributed by atoms with Crippen molar-refractivity contribution in [3.8, 4) is 0 Å². The minimum atomic E-state index is -0.415. The predicted molar refractivity (Wildman–Crippen MR) is 71.2 cm³/mol. The van der Waals surface area contributed by atoms with Crippen molar-refractivity contribution >= 4 is 11.6 Å². The van der Waals surface area contributed by atoms with Gasteiger partial charge in [0.05, 0.1) is 0 Å². The summed E-state index contributed by atoms with van der Waals surface area (Å²) in [5.41, 5.74) is 1.46. The van der Waals surface area contributed by atoms with Crippen LogP contribution >= 0.6 is 0 Å². The van der Waals surface area contributed by atoms with E-state index >= 15 is 0 Å². The third-order valence-electron chi connectivity index (χ3n) is 2.65. The third-order valence-corrected chi connectivity index (χ3v) is 2.65. The first-order valence-corrected chi connectivity index (χ1v) is 5.98. The molecule has 0 radical (unpaired) electrons. The van der Waals surface area contributed by atoms with E-state index in [4.69, 9.17) is 5.11 Å². The van der Waals surface area contributed by atoms with E-state index in [1.54, 1.807) is 6.07 Å². The van der Waals surface area contributed by atoms with E-state index in [0.29, 0.717) is 12.1 Å². The van der Waals surface area contributed by atoms with Crippen LogP contribution in [0, 0.1) is 0 Å². The van der Waals surface area contributed by atoms with Gasteiger partial charge in [-0.05, 0) is 30.5 Å². The minimum Gasteiger partial charge on any atom is -0.396 e. The zero-order valence-corrected chi connectivity index (χ0v) is 10.3. The molecule has 0 saturated heterocycles. The van der Waals surface area contributed by atoms with Crippen molar-refractivity contribution < 1.29 is 9.90 Å². The smallest absolute Gasteiger partial charge is 0.323 e. The van der Waals surface area contributed by atoms with E-state index in [1.807, 2.05) is 18.2 Å². The van der Waals surface area contributed by atoms with Crippen molar-refractivity contribution in [3.63, 3.8) is 0 Å². The highest BCUT2D eigenvalue weighted by Gasteiger charge is 2.08. The Bertz CT molecular complexity index is 615. The summed E-state index contributed by atoms with van der Waals surface area (Å²) in [6.45, 7) is 0.140. The number of aryl methyl sites for hydroxylation is 1. The molecule has 0 bridgehead atoms. The molecule has 0 aliphatic rings. The summed E-state index contributed by atoms with van der Waals surface area (Å²) < 4.78 is 0. The molecule has 0 spiro atoms. The number of carbonyl (C=O) groups is 1. The minimum absolute atomic E-state index is 0.140. The molecule has 0 aliphatic carbocycles. The summed E-state index contributed by atoms with van der Waals surface area (Å²) in [6, 6.07) is 7.38. The first-order chi connectivity index (χ1) is 9.19. The SMILES string of the molecule is O=C(Nc1cccc(CCCO)c1)c1c[nH]c(=O)[nH]1. The molecule has 2 aromatic rings. The molecule has 4 N–H and O–H groups in total. The van der Waals surface area contributed by atoms with Gasteiger partial charge in [-0.1, -0.05) is 12.1 Å². The number of amides is 1. The Morgan fingerprint density at radius 3 is 2.89 bits per heavy atom. The number of anilines is 1. The Kier molecular flexibility index (Phi) is 4.15. The number of rotatable bonds is 5. The highest BCUT2D eigenvalue weighted by molar-refractivity contribution is 6.02. The van der Waals surface area contributed by atoms with Gasteiger partial charge >= 0.3 is 5.69 Å². The average molecular weight is 261 g/mol. The van der Waals surface area contributed by atoms with Gasteiger partial charge in [0.25, 0.3) is 5.91 Å². The lowest BCUT2D eigenvalue weighted by Gasteiger charge is -2.06. The highest BCUT2D eigenvalue weighted by Crippen LogP contribution is 2.13. The fraction of sp³-hybridized carbons (Fsp3) is 0.231. The molecule has 6 nitrogen and oxygen atoms in total. The van der Waals surface area contributed by atoms with Crippen molar-refractivity contribution in [2.75, 3.05) is 11.9 Å². The summed E-state index contributed by atoms with van der Waals surface area (Å²) in [7, 11) is 0. The number of nitrogens with one attached hydrogen (secondary N) is 3. The molecule has 1 amide bonds. The van der Waals surface area contributed by atoms with E-state index in [0.717, 1.165) is 12.0 Å². The Morgan fingerprint density at radius 2 is 2.21 bits per heavy atom. The molecular weight excluding hydrogens is 246 g/mol. The molecule has 1 aromatic carbocycles. The lowest BCUT2D eigenvalue weighted by molar-refractivity contribution is 0.102. The zero-order chi connectivity index (χ0) is 13.7. The van der Waals surface area contributed by atoms with Gasteiger partial charge in [-0.2, -0.15) is 0 Å². The molecule has 0 saturated carbocycles. The number of H-pyrrole nitrogens is 2. The van der Waals surface area contributed by atoms with Crippen LogP contribution in [0.25, 0.3) is 0 Å². The van der Waals surface area contributed by atoms with Crippen molar-refractivity contribution in [2.45, 2.75) is 12.8 Å². The third kappa shape index (κ3) is 3.56. The van der Waals surface area contributed by atoms with Crippen LogP contribution in [0.5, 0.6) is 0 Å². The summed E-state index contributed by atoms with van der Waals surface area (Å²) in [6.07, 6.45) is 2.76. The van der Waals surface area contributed by atoms with Crippen LogP contribution in [-0.2, 0) is 6.42 Å². The van der Waals surface area contributed by atoms with E-state index in [1.165, 1.54) is 6.20 Å². The molecule has 1 heterocycles. The largest absolute Gasteiger partial charge is 0.396 e. The number of aromatic nitrogens is 2. The van der Waals surface area contributed by atoms with Crippen LogP contribution in [0.3, 0.4) is 0 Å². The van der Waals surface area contributed by atoms with Gasteiger partial charge in [0.15, 0.2) is 0 Å². The van der Waals surface area contributed by atoms with Crippen LogP contribution in [0.15, 0.2) is 35.3 Å². The van der Waals surface area contributed by atoms with E-state index < -0.39 is 5.69 Å². The average Bonchev–Trinajstić information content (AvgIpc) is 2.83. The first kappa shape index (κ1) is 13.1. The van der Waals surface area contributed by atoms with E-state index in [2.05, 4.69) is 15.3 Å². The second-order valence-electron chi connectivity index (χ2n) is 4.14. The lowest BCUT2D eigenvalue weighted by atomic mass is 10.1. The van der Waals surface area contributed by atoms with Crippen molar-refractivity contribution in [3.05, 3.63) is 52.2 Å². The van der Waals surface area contributed by atoms with Crippen LogP contribution in [0.1, 0.15) is 22.5 Å². The van der Waals surface area contributed by atoms with Gasteiger partial charge in [-0.3, -0.25) is 4.79 Å². The normalized spacial score (nSPS) is 10.4. The number of hydrogen-bond donors (Lipinski definition) is 4. The number of hydrogen-bond acceptors (Lipinski definition) is 3. The lowest BCUT2D eigenvalue weighted by Crippen LogP contribution is -2.14. The Labute approximate surface area is 109 Å². The van der Waals surface area contributed by atoms with E-state index in [9.17, 15) is 9.59 Å². The number of aliphatic hydroxyl groups is 1. The second kappa shape index (κ2) is 6.01. The first-order valence-electron chi connectivity index (χ1n) is 5.98. The van der Waals surface area contributed by atoms with E-state index in [-0.39, 0.29) is 18.2 Å². The number of imidazole rings is 1. The van der Waals surface area contributed by atoms with Crippen molar-refractivity contribution in [1.29, 1.82) is 0 Å². The molecule has 1 aromatic heterocycles. The van der Waals surface area contributed by atoms with Crippen molar-refractivity contribution in [2.24, 2.45) is 0 Å². The summed E-state index contributed by atoms with van der Waals surface area (Å²) in [5.74, 6) is -0.377. The highest BCUT2D eigenvalue weighted by atomic mass is 16.3. The molecule has 0 atom stereocenters. The molecule has 19 heavy (non-hydrogen) atoms. The van der Waals surface area contributed by atoms with Gasteiger partial charge in [-0.25, -0.2) is 4.79 Å². The zero-order valence-electron chi connectivity index (χ0n) is 10.3. The standard InChI is InChI=1S/C13H15N3O3/c17-6-2-4-9-3-1-5-10(7-9)15-12(18)11-8-14-13(19)16-11/h1,3,5,7-8,17H,2,4,6H2,(H,15,18)(H2,14,16,19). The fourth-order valence-electron chi connectivity index (χ4n) is 1.74. The summed E-state index contributed by atoms with van der Waals surface area (Å²) in [4.78, 5) is 27.5. The molecule has 6 heteroatoms. The Morgan fingerprint density at radius 1 is 1.37 bits per heavy atom. The Balaban J connectivity index is 2.06. The van der Waals surface area contributed by atoms with Crippen LogP contribution < -0.4 is 11.0 Å².